The number of halogens is 3. The number of anilines is 1. The normalized spacial score (nSPS) is 11.7. The average molecular weight is 277 g/mol. The summed E-state index contributed by atoms with van der Waals surface area (Å²) in [4.78, 5) is 12.1. The molecule has 1 heterocycles. The van der Waals surface area contributed by atoms with Crippen LogP contribution in [0.15, 0.2) is 12.1 Å². The van der Waals surface area contributed by atoms with E-state index in [0.717, 1.165) is 12.1 Å². The number of hydrogen-bond donors (Lipinski definition) is 1. The summed E-state index contributed by atoms with van der Waals surface area (Å²) in [6, 6.07) is 1.92. The van der Waals surface area contributed by atoms with Gasteiger partial charge in [0.2, 0.25) is 0 Å². The number of nitrogens with zero attached hydrogens (tertiary/aromatic N) is 3. The summed E-state index contributed by atoms with van der Waals surface area (Å²) in [5, 5.41) is 15.3. The molecule has 19 heavy (non-hydrogen) atoms. The number of alkyl halides is 3. The summed E-state index contributed by atoms with van der Waals surface area (Å²) in [6.45, 7) is 3.77. The standard InChI is InChI=1S/C11H14F3N3O2/c1-7(2)5-17(6-10(18)19)9-4-3-8(15-16-9)11(12,13)14/h3-4,7H,5-6H2,1-2H3,(H,18,19). The largest absolute Gasteiger partial charge is 0.480 e. The lowest BCUT2D eigenvalue weighted by atomic mass is 10.2. The molecule has 1 aromatic rings. The highest BCUT2D eigenvalue weighted by atomic mass is 19.4. The van der Waals surface area contributed by atoms with Gasteiger partial charge in [-0.05, 0) is 18.1 Å². The molecule has 0 unspecified atom stereocenters. The zero-order chi connectivity index (χ0) is 14.6. The van der Waals surface area contributed by atoms with Crippen molar-refractivity contribution in [1.82, 2.24) is 10.2 Å². The zero-order valence-corrected chi connectivity index (χ0v) is 10.5. The Bertz CT molecular complexity index is 432. The van der Waals surface area contributed by atoms with Crippen LogP contribution in [-0.2, 0) is 11.0 Å². The molecule has 0 radical (unpaired) electrons. The van der Waals surface area contributed by atoms with Crippen molar-refractivity contribution >= 4 is 11.8 Å². The minimum absolute atomic E-state index is 0.115. The quantitative estimate of drug-likeness (QED) is 0.892. The monoisotopic (exact) mass is 277 g/mol. The van der Waals surface area contributed by atoms with Crippen molar-refractivity contribution in [3.8, 4) is 0 Å². The first-order valence-electron chi connectivity index (χ1n) is 5.58. The topological polar surface area (TPSA) is 66.3 Å². The van der Waals surface area contributed by atoms with Gasteiger partial charge in [0.25, 0.3) is 0 Å². The number of aliphatic carboxylic acids is 1. The molecule has 0 aromatic carbocycles. The predicted molar refractivity (Wildman–Crippen MR) is 61.7 cm³/mol. The van der Waals surface area contributed by atoms with Gasteiger partial charge in [-0.3, -0.25) is 4.79 Å². The molecule has 0 saturated heterocycles. The first-order valence-corrected chi connectivity index (χ1v) is 5.58. The van der Waals surface area contributed by atoms with E-state index in [-0.39, 0.29) is 18.3 Å². The molecule has 0 spiro atoms. The summed E-state index contributed by atoms with van der Waals surface area (Å²) in [5.74, 6) is -0.824. The highest BCUT2D eigenvalue weighted by Crippen LogP contribution is 2.27. The molecule has 1 rings (SSSR count). The van der Waals surface area contributed by atoms with E-state index >= 15 is 0 Å². The van der Waals surface area contributed by atoms with Crippen LogP contribution in [0.3, 0.4) is 0 Å². The van der Waals surface area contributed by atoms with Crippen molar-refractivity contribution in [1.29, 1.82) is 0 Å². The second-order valence-electron chi connectivity index (χ2n) is 4.44. The lowest BCUT2D eigenvalue weighted by Crippen LogP contribution is -2.33. The average Bonchev–Trinajstić information content (AvgIpc) is 2.26. The molecular weight excluding hydrogens is 263 g/mol. The highest BCUT2D eigenvalue weighted by molar-refractivity contribution is 5.73. The van der Waals surface area contributed by atoms with Crippen molar-refractivity contribution in [3.05, 3.63) is 17.8 Å². The van der Waals surface area contributed by atoms with Crippen LogP contribution in [0.5, 0.6) is 0 Å². The van der Waals surface area contributed by atoms with E-state index < -0.39 is 17.8 Å². The fourth-order valence-electron chi connectivity index (χ4n) is 1.49. The minimum atomic E-state index is -4.55. The van der Waals surface area contributed by atoms with Gasteiger partial charge in [0, 0.05) is 6.54 Å². The van der Waals surface area contributed by atoms with E-state index in [0.29, 0.717) is 6.54 Å². The van der Waals surface area contributed by atoms with E-state index in [2.05, 4.69) is 10.2 Å². The van der Waals surface area contributed by atoms with Gasteiger partial charge in [0.1, 0.15) is 6.54 Å². The van der Waals surface area contributed by atoms with Crippen LogP contribution < -0.4 is 4.90 Å². The van der Waals surface area contributed by atoms with E-state index in [1.807, 2.05) is 13.8 Å². The van der Waals surface area contributed by atoms with E-state index in [1.54, 1.807) is 0 Å². The Kier molecular flexibility index (Phi) is 4.68. The Labute approximate surface area is 108 Å². The molecule has 0 aliphatic carbocycles. The molecule has 106 valence electrons. The van der Waals surface area contributed by atoms with Gasteiger partial charge in [0.05, 0.1) is 0 Å². The molecule has 1 aromatic heterocycles. The number of aromatic nitrogens is 2. The minimum Gasteiger partial charge on any atom is -0.480 e. The fraction of sp³-hybridized carbons (Fsp3) is 0.545. The maximum absolute atomic E-state index is 12.3. The molecule has 0 fully saturated rings. The van der Waals surface area contributed by atoms with Crippen LogP contribution in [0.4, 0.5) is 19.0 Å². The lowest BCUT2D eigenvalue weighted by Gasteiger charge is -2.23. The van der Waals surface area contributed by atoms with Crippen molar-refractivity contribution in [2.24, 2.45) is 5.92 Å². The van der Waals surface area contributed by atoms with E-state index in [4.69, 9.17) is 5.11 Å². The first kappa shape index (κ1) is 15.2. The molecule has 5 nitrogen and oxygen atoms in total. The number of carboxylic acid groups (broad SMARTS) is 1. The maximum Gasteiger partial charge on any atom is 0.435 e. The Morgan fingerprint density at radius 2 is 2.00 bits per heavy atom. The zero-order valence-electron chi connectivity index (χ0n) is 10.5. The number of rotatable bonds is 5. The van der Waals surface area contributed by atoms with Crippen LogP contribution in [0, 0.1) is 5.92 Å². The van der Waals surface area contributed by atoms with Gasteiger partial charge in [-0.25, -0.2) is 0 Å². The van der Waals surface area contributed by atoms with E-state index in [1.165, 1.54) is 4.90 Å². The van der Waals surface area contributed by atoms with Crippen molar-refractivity contribution in [2.45, 2.75) is 20.0 Å². The summed E-state index contributed by atoms with van der Waals surface area (Å²) >= 11 is 0. The maximum atomic E-state index is 12.3. The van der Waals surface area contributed by atoms with Crippen LogP contribution in [-0.4, -0.2) is 34.4 Å². The van der Waals surface area contributed by atoms with Gasteiger partial charge in [-0.2, -0.15) is 13.2 Å². The molecule has 0 saturated carbocycles. The van der Waals surface area contributed by atoms with Crippen molar-refractivity contribution < 1.29 is 23.1 Å². The number of hydrogen-bond acceptors (Lipinski definition) is 4. The van der Waals surface area contributed by atoms with Gasteiger partial charge in [0.15, 0.2) is 11.5 Å². The number of carbonyl (C=O) groups is 1. The summed E-state index contributed by atoms with van der Waals surface area (Å²) in [6.07, 6.45) is -4.55. The molecule has 0 aliphatic heterocycles. The van der Waals surface area contributed by atoms with Gasteiger partial charge in [-0.1, -0.05) is 13.8 Å². The molecule has 1 N–H and O–H groups in total. The summed E-state index contributed by atoms with van der Waals surface area (Å²) in [7, 11) is 0. The van der Waals surface area contributed by atoms with Crippen molar-refractivity contribution in [2.75, 3.05) is 18.0 Å². The molecule has 8 heteroatoms. The summed E-state index contributed by atoms with van der Waals surface area (Å²) in [5.41, 5.74) is -1.10. The molecule has 0 aliphatic rings. The third-order valence-electron chi connectivity index (χ3n) is 2.18. The first-order chi connectivity index (χ1) is 8.70. The van der Waals surface area contributed by atoms with Gasteiger partial charge < -0.3 is 10.0 Å². The van der Waals surface area contributed by atoms with Crippen LogP contribution in [0.1, 0.15) is 19.5 Å². The van der Waals surface area contributed by atoms with Gasteiger partial charge in [-0.15, -0.1) is 10.2 Å². The third-order valence-corrected chi connectivity index (χ3v) is 2.18. The molecule has 0 amide bonds. The third kappa shape index (κ3) is 4.72. The lowest BCUT2D eigenvalue weighted by molar-refractivity contribution is -0.141. The van der Waals surface area contributed by atoms with Crippen molar-refractivity contribution in [3.63, 3.8) is 0 Å². The predicted octanol–water partition coefficient (Wildman–Crippen LogP) is 2.04. The number of carboxylic acids is 1. The Morgan fingerprint density at radius 1 is 1.37 bits per heavy atom. The second kappa shape index (κ2) is 5.85. The molecule has 0 atom stereocenters. The van der Waals surface area contributed by atoms with E-state index in [9.17, 15) is 18.0 Å². The van der Waals surface area contributed by atoms with Gasteiger partial charge >= 0.3 is 12.1 Å². The Hall–Kier alpha value is -1.86. The summed E-state index contributed by atoms with van der Waals surface area (Å²) < 4.78 is 37.0. The Morgan fingerprint density at radius 3 is 2.37 bits per heavy atom. The highest BCUT2D eigenvalue weighted by Gasteiger charge is 2.33. The Balaban J connectivity index is 2.93. The van der Waals surface area contributed by atoms with Crippen LogP contribution in [0.25, 0.3) is 0 Å². The second-order valence-corrected chi connectivity index (χ2v) is 4.44. The SMILES string of the molecule is CC(C)CN(CC(=O)O)c1ccc(C(F)(F)F)nn1. The molecule has 0 bridgehead atoms. The van der Waals surface area contributed by atoms with Crippen LogP contribution >= 0.6 is 0 Å². The fourth-order valence-corrected chi connectivity index (χ4v) is 1.49. The molecular formula is C11H14F3N3O2. The smallest absolute Gasteiger partial charge is 0.435 e. The van der Waals surface area contributed by atoms with Crippen LogP contribution in [0.2, 0.25) is 0 Å².